The van der Waals surface area contributed by atoms with E-state index in [1.807, 2.05) is 0 Å². The third-order valence-electron chi connectivity index (χ3n) is 2.76. The van der Waals surface area contributed by atoms with Gasteiger partial charge in [0.05, 0.1) is 17.4 Å². The number of hydrogen-bond donors (Lipinski definition) is 2. The monoisotopic (exact) mass is 298 g/mol. The van der Waals surface area contributed by atoms with E-state index in [9.17, 15) is 18.0 Å². The standard InChI is InChI=1S/C13H13F3N4O/c1-2-18-12(21)10-7-19-20(11(10)13(14,15)16)9-5-3-8(17)4-6-9/h3-7H,2,17H2,1H3,(H,18,21). The van der Waals surface area contributed by atoms with Gasteiger partial charge in [0.15, 0.2) is 5.69 Å². The van der Waals surface area contributed by atoms with Crippen molar-refractivity contribution in [1.29, 1.82) is 0 Å². The lowest BCUT2D eigenvalue weighted by Gasteiger charge is -2.12. The number of carbonyl (C=O) groups is 1. The summed E-state index contributed by atoms with van der Waals surface area (Å²) >= 11 is 0. The summed E-state index contributed by atoms with van der Waals surface area (Å²) in [6.45, 7) is 1.85. The fraction of sp³-hybridized carbons (Fsp3) is 0.231. The second-order valence-electron chi connectivity index (χ2n) is 4.27. The maximum atomic E-state index is 13.2. The number of aromatic nitrogens is 2. The van der Waals surface area contributed by atoms with Crippen LogP contribution in [0.3, 0.4) is 0 Å². The number of amides is 1. The summed E-state index contributed by atoms with van der Waals surface area (Å²) in [6, 6.07) is 5.73. The van der Waals surface area contributed by atoms with Gasteiger partial charge >= 0.3 is 6.18 Å². The first-order chi connectivity index (χ1) is 9.84. The Labute approximate surface area is 118 Å². The summed E-state index contributed by atoms with van der Waals surface area (Å²) < 4.78 is 40.4. The fourth-order valence-corrected chi connectivity index (χ4v) is 1.85. The number of anilines is 1. The van der Waals surface area contributed by atoms with Gasteiger partial charge in [0.2, 0.25) is 0 Å². The summed E-state index contributed by atoms with van der Waals surface area (Å²) in [7, 11) is 0. The highest BCUT2D eigenvalue weighted by Gasteiger charge is 2.40. The number of rotatable bonds is 3. The van der Waals surface area contributed by atoms with Crippen molar-refractivity contribution in [1.82, 2.24) is 15.1 Å². The van der Waals surface area contributed by atoms with E-state index >= 15 is 0 Å². The average molecular weight is 298 g/mol. The second kappa shape index (κ2) is 5.47. The van der Waals surface area contributed by atoms with Crippen LogP contribution < -0.4 is 11.1 Å². The van der Waals surface area contributed by atoms with Crippen LogP contribution in [0.2, 0.25) is 0 Å². The molecule has 21 heavy (non-hydrogen) atoms. The van der Waals surface area contributed by atoms with E-state index in [0.29, 0.717) is 10.4 Å². The van der Waals surface area contributed by atoms with Crippen LogP contribution in [-0.2, 0) is 6.18 Å². The molecular weight excluding hydrogens is 285 g/mol. The van der Waals surface area contributed by atoms with E-state index in [2.05, 4.69) is 10.4 Å². The topological polar surface area (TPSA) is 72.9 Å². The number of carbonyl (C=O) groups excluding carboxylic acids is 1. The van der Waals surface area contributed by atoms with E-state index in [1.54, 1.807) is 6.92 Å². The summed E-state index contributed by atoms with van der Waals surface area (Å²) in [4.78, 5) is 11.7. The van der Waals surface area contributed by atoms with Crippen LogP contribution in [0.4, 0.5) is 18.9 Å². The predicted octanol–water partition coefficient (Wildman–Crippen LogP) is 2.22. The lowest BCUT2D eigenvalue weighted by atomic mass is 10.2. The van der Waals surface area contributed by atoms with Gasteiger partial charge in [-0.1, -0.05) is 0 Å². The van der Waals surface area contributed by atoms with Gasteiger partial charge in [-0.2, -0.15) is 18.3 Å². The molecule has 0 unspecified atom stereocenters. The lowest BCUT2D eigenvalue weighted by molar-refractivity contribution is -0.143. The van der Waals surface area contributed by atoms with Crippen molar-refractivity contribution in [3.05, 3.63) is 41.7 Å². The molecule has 0 aliphatic rings. The van der Waals surface area contributed by atoms with E-state index in [4.69, 9.17) is 5.73 Å². The SMILES string of the molecule is CCNC(=O)c1cnn(-c2ccc(N)cc2)c1C(F)(F)F. The number of hydrogen-bond acceptors (Lipinski definition) is 3. The van der Waals surface area contributed by atoms with Crippen LogP contribution in [0.25, 0.3) is 5.69 Å². The quantitative estimate of drug-likeness (QED) is 0.853. The number of alkyl halides is 3. The summed E-state index contributed by atoms with van der Waals surface area (Å²) in [5.74, 6) is -0.813. The molecule has 1 aromatic heterocycles. The van der Waals surface area contributed by atoms with Crippen molar-refractivity contribution in [2.24, 2.45) is 0 Å². The Morgan fingerprint density at radius 3 is 2.48 bits per heavy atom. The molecule has 0 spiro atoms. The minimum Gasteiger partial charge on any atom is -0.399 e. The van der Waals surface area contributed by atoms with Crippen molar-refractivity contribution in [2.45, 2.75) is 13.1 Å². The van der Waals surface area contributed by atoms with Crippen molar-refractivity contribution in [3.63, 3.8) is 0 Å². The summed E-state index contributed by atoms with van der Waals surface area (Å²) in [5.41, 5.74) is 4.47. The smallest absolute Gasteiger partial charge is 0.399 e. The first kappa shape index (κ1) is 14.9. The third-order valence-corrected chi connectivity index (χ3v) is 2.76. The number of halogens is 3. The molecular formula is C13H13F3N4O. The van der Waals surface area contributed by atoms with Gasteiger partial charge in [-0.3, -0.25) is 4.79 Å². The number of nitrogens with one attached hydrogen (secondary N) is 1. The molecule has 1 heterocycles. The molecule has 0 radical (unpaired) electrons. The molecule has 3 N–H and O–H groups in total. The molecule has 112 valence electrons. The second-order valence-corrected chi connectivity index (χ2v) is 4.27. The zero-order valence-electron chi connectivity index (χ0n) is 11.1. The van der Waals surface area contributed by atoms with Crippen LogP contribution in [-0.4, -0.2) is 22.2 Å². The zero-order chi connectivity index (χ0) is 15.6. The molecule has 0 bridgehead atoms. The van der Waals surface area contributed by atoms with Gasteiger partial charge in [-0.05, 0) is 31.2 Å². The van der Waals surface area contributed by atoms with Crippen molar-refractivity contribution >= 4 is 11.6 Å². The molecule has 0 saturated carbocycles. The predicted molar refractivity (Wildman–Crippen MR) is 71.0 cm³/mol. The largest absolute Gasteiger partial charge is 0.434 e. The third kappa shape index (κ3) is 2.99. The molecule has 0 aliphatic carbocycles. The Hall–Kier alpha value is -2.51. The molecule has 2 aromatic rings. The minimum atomic E-state index is -4.71. The molecule has 5 nitrogen and oxygen atoms in total. The van der Waals surface area contributed by atoms with Crippen LogP contribution in [0, 0.1) is 0 Å². The van der Waals surface area contributed by atoms with Crippen LogP contribution >= 0.6 is 0 Å². The maximum Gasteiger partial charge on any atom is 0.434 e. The highest BCUT2D eigenvalue weighted by Crippen LogP contribution is 2.33. The summed E-state index contributed by atoms with van der Waals surface area (Å²) in [6.07, 6.45) is -3.80. The van der Waals surface area contributed by atoms with Crippen molar-refractivity contribution in [3.8, 4) is 5.69 Å². The fourth-order valence-electron chi connectivity index (χ4n) is 1.85. The lowest BCUT2D eigenvalue weighted by Crippen LogP contribution is -2.26. The Morgan fingerprint density at radius 2 is 1.95 bits per heavy atom. The van der Waals surface area contributed by atoms with Gasteiger partial charge in [-0.15, -0.1) is 0 Å². The van der Waals surface area contributed by atoms with E-state index in [0.717, 1.165) is 6.20 Å². The first-order valence-corrected chi connectivity index (χ1v) is 6.14. The van der Waals surface area contributed by atoms with Gasteiger partial charge < -0.3 is 11.1 Å². The van der Waals surface area contributed by atoms with Crippen molar-refractivity contribution in [2.75, 3.05) is 12.3 Å². The first-order valence-electron chi connectivity index (χ1n) is 6.14. The normalized spacial score (nSPS) is 11.4. The van der Waals surface area contributed by atoms with Gasteiger partial charge in [-0.25, -0.2) is 4.68 Å². The van der Waals surface area contributed by atoms with Crippen LogP contribution in [0.15, 0.2) is 30.5 Å². The Balaban J connectivity index is 2.57. The minimum absolute atomic E-state index is 0.173. The maximum absolute atomic E-state index is 13.2. The van der Waals surface area contributed by atoms with Crippen LogP contribution in [0.1, 0.15) is 23.0 Å². The van der Waals surface area contributed by atoms with E-state index in [-0.39, 0.29) is 12.2 Å². The van der Waals surface area contributed by atoms with Gasteiger partial charge in [0, 0.05) is 12.2 Å². The van der Waals surface area contributed by atoms with Crippen molar-refractivity contribution < 1.29 is 18.0 Å². The molecule has 1 aromatic carbocycles. The number of nitrogens with two attached hydrogens (primary N) is 1. The van der Waals surface area contributed by atoms with Gasteiger partial charge in [0.25, 0.3) is 5.91 Å². The van der Waals surface area contributed by atoms with E-state index in [1.165, 1.54) is 24.3 Å². The summed E-state index contributed by atoms with van der Waals surface area (Å²) in [5, 5.41) is 6.02. The molecule has 0 saturated heterocycles. The molecule has 0 aliphatic heterocycles. The van der Waals surface area contributed by atoms with Crippen LogP contribution in [0.5, 0.6) is 0 Å². The highest BCUT2D eigenvalue weighted by atomic mass is 19.4. The molecule has 0 fully saturated rings. The zero-order valence-corrected chi connectivity index (χ0v) is 11.1. The number of nitrogen functional groups attached to an aromatic ring is 1. The molecule has 8 heteroatoms. The number of nitrogens with zero attached hydrogens (tertiary/aromatic N) is 2. The molecule has 1 amide bonds. The van der Waals surface area contributed by atoms with Gasteiger partial charge in [0.1, 0.15) is 0 Å². The Bertz CT molecular complexity index is 646. The Morgan fingerprint density at radius 1 is 1.33 bits per heavy atom. The molecule has 2 rings (SSSR count). The Kier molecular flexibility index (Phi) is 3.88. The van der Waals surface area contributed by atoms with E-state index < -0.39 is 23.3 Å². The number of benzene rings is 1. The highest BCUT2D eigenvalue weighted by molar-refractivity contribution is 5.95. The average Bonchev–Trinajstić information content (AvgIpc) is 2.84. The molecule has 0 atom stereocenters.